The molecule has 0 unspecified atom stereocenters. The number of carbonyl (C=O) groups excluding carboxylic acids is 1. The highest BCUT2D eigenvalue weighted by atomic mass is 32.2. The second-order valence-electron chi connectivity index (χ2n) is 4.31. The number of thiocarbonyl (C=S) groups is 1. The van der Waals surface area contributed by atoms with E-state index in [1.165, 1.54) is 18.9 Å². The smallest absolute Gasteiger partial charge is 0.355 e. The number of esters is 1. The van der Waals surface area contributed by atoms with Crippen molar-refractivity contribution in [3.8, 4) is 0 Å². The van der Waals surface area contributed by atoms with Gasteiger partial charge in [-0.15, -0.1) is 11.8 Å². The summed E-state index contributed by atoms with van der Waals surface area (Å²) in [7, 11) is 1.37. The quantitative estimate of drug-likeness (QED) is 0.678. The number of benzene rings is 1. The number of carbonyl (C=O) groups is 1. The van der Waals surface area contributed by atoms with Crippen LogP contribution in [0.1, 0.15) is 27.2 Å². The summed E-state index contributed by atoms with van der Waals surface area (Å²) in [6.07, 6.45) is 1.91. The SMILES string of the molecule is COC(=O)c1[nH]c2c(C)ccc(C)c2c1C(=S)SC. The number of H-pyrrole nitrogens is 1. The summed E-state index contributed by atoms with van der Waals surface area (Å²) in [6, 6.07) is 4.07. The fourth-order valence-corrected chi connectivity index (χ4v) is 2.78. The number of ether oxygens (including phenoxy) is 1. The third-order valence-electron chi connectivity index (χ3n) is 3.15. The molecule has 0 atom stereocenters. The Balaban J connectivity index is 2.89. The maximum Gasteiger partial charge on any atom is 0.355 e. The zero-order chi connectivity index (χ0) is 14.2. The van der Waals surface area contributed by atoms with Crippen molar-refractivity contribution in [1.29, 1.82) is 0 Å². The fourth-order valence-electron chi connectivity index (χ4n) is 2.17. The topological polar surface area (TPSA) is 42.1 Å². The molecule has 1 heterocycles. The van der Waals surface area contributed by atoms with Crippen molar-refractivity contribution in [2.24, 2.45) is 0 Å². The van der Waals surface area contributed by atoms with Gasteiger partial charge in [-0.3, -0.25) is 0 Å². The third-order valence-corrected chi connectivity index (χ3v) is 4.43. The van der Waals surface area contributed by atoms with Gasteiger partial charge in [0.1, 0.15) is 5.69 Å². The van der Waals surface area contributed by atoms with E-state index in [1.54, 1.807) is 0 Å². The molecule has 1 N–H and O–H groups in total. The summed E-state index contributed by atoms with van der Waals surface area (Å²) in [4.78, 5) is 15.1. The van der Waals surface area contributed by atoms with Gasteiger partial charge in [0.05, 0.1) is 11.3 Å². The van der Waals surface area contributed by atoms with Gasteiger partial charge >= 0.3 is 5.97 Å². The number of nitrogens with one attached hydrogen (secondary N) is 1. The van der Waals surface area contributed by atoms with Crippen molar-refractivity contribution in [3.05, 3.63) is 34.5 Å². The van der Waals surface area contributed by atoms with Crippen molar-refractivity contribution in [3.63, 3.8) is 0 Å². The van der Waals surface area contributed by atoms with Crippen LogP contribution in [0.15, 0.2) is 12.1 Å². The van der Waals surface area contributed by atoms with Gasteiger partial charge in [-0.25, -0.2) is 4.79 Å². The number of thioether (sulfide) groups is 1. The van der Waals surface area contributed by atoms with Gasteiger partial charge in [0.15, 0.2) is 0 Å². The van der Waals surface area contributed by atoms with Crippen LogP contribution in [0.3, 0.4) is 0 Å². The normalized spacial score (nSPS) is 10.7. The van der Waals surface area contributed by atoms with Gasteiger partial charge in [-0.1, -0.05) is 24.4 Å². The molecule has 0 aliphatic heterocycles. The lowest BCUT2D eigenvalue weighted by molar-refractivity contribution is 0.0595. The molecule has 0 aliphatic carbocycles. The molecule has 1 aromatic heterocycles. The molecule has 0 saturated carbocycles. The summed E-state index contributed by atoms with van der Waals surface area (Å²) >= 11 is 6.85. The number of aryl methyl sites for hydroxylation is 2. The van der Waals surface area contributed by atoms with Crippen LogP contribution in [0.4, 0.5) is 0 Å². The minimum Gasteiger partial charge on any atom is -0.464 e. The molecule has 100 valence electrons. The Labute approximate surface area is 121 Å². The van der Waals surface area contributed by atoms with Crippen LogP contribution in [0, 0.1) is 13.8 Å². The summed E-state index contributed by atoms with van der Waals surface area (Å²) in [6.45, 7) is 4.02. The van der Waals surface area contributed by atoms with Crippen LogP contribution < -0.4 is 0 Å². The molecule has 19 heavy (non-hydrogen) atoms. The predicted molar refractivity (Wildman–Crippen MR) is 84.3 cm³/mol. The van der Waals surface area contributed by atoms with Gasteiger partial charge in [0, 0.05) is 16.5 Å². The molecular formula is C14H15NO2S2. The van der Waals surface area contributed by atoms with E-state index in [0.717, 1.165) is 27.6 Å². The van der Waals surface area contributed by atoms with Gasteiger partial charge < -0.3 is 9.72 Å². The van der Waals surface area contributed by atoms with E-state index < -0.39 is 0 Å². The Hall–Kier alpha value is -1.33. The highest BCUT2D eigenvalue weighted by molar-refractivity contribution is 8.23. The van der Waals surface area contributed by atoms with Crippen molar-refractivity contribution in [2.45, 2.75) is 13.8 Å². The molecule has 0 radical (unpaired) electrons. The molecule has 0 saturated heterocycles. The average molecular weight is 293 g/mol. The molecular weight excluding hydrogens is 278 g/mol. The van der Waals surface area contributed by atoms with E-state index in [-0.39, 0.29) is 5.97 Å². The van der Waals surface area contributed by atoms with Crippen molar-refractivity contribution in [2.75, 3.05) is 13.4 Å². The highest BCUT2D eigenvalue weighted by Crippen LogP contribution is 2.31. The monoisotopic (exact) mass is 293 g/mol. The van der Waals surface area contributed by atoms with E-state index in [4.69, 9.17) is 17.0 Å². The average Bonchev–Trinajstić information content (AvgIpc) is 2.82. The van der Waals surface area contributed by atoms with Crippen LogP contribution in [0.25, 0.3) is 10.9 Å². The van der Waals surface area contributed by atoms with E-state index in [0.29, 0.717) is 9.89 Å². The zero-order valence-corrected chi connectivity index (χ0v) is 12.9. The van der Waals surface area contributed by atoms with E-state index >= 15 is 0 Å². The fraction of sp³-hybridized carbons (Fsp3) is 0.286. The molecule has 1 aromatic carbocycles. The molecule has 2 rings (SSSR count). The minimum atomic E-state index is -0.388. The molecule has 5 heteroatoms. The van der Waals surface area contributed by atoms with Crippen LogP contribution in [-0.2, 0) is 4.74 Å². The minimum absolute atomic E-state index is 0.388. The van der Waals surface area contributed by atoms with Crippen molar-refractivity contribution >= 4 is 45.0 Å². The van der Waals surface area contributed by atoms with Gasteiger partial charge in [0.2, 0.25) is 0 Å². The number of methoxy groups -OCH3 is 1. The standard InChI is InChI=1S/C14H15NO2S2/c1-7-5-6-8(2)11-9(7)10(14(18)19-4)12(15-11)13(16)17-3/h5-6,15H,1-4H3. The summed E-state index contributed by atoms with van der Waals surface area (Å²) in [5.41, 5.74) is 4.35. The van der Waals surface area contributed by atoms with Gasteiger partial charge in [-0.2, -0.15) is 0 Å². The van der Waals surface area contributed by atoms with Crippen LogP contribution in [0.2, 0.25) is 0 Å². The maximum atomic E-state index is 11.9. The van der Waals surface area contributed by atoms with E-state index in [9.17, 15) is 4.79 Å². The Morgan fingerprint density at radius 1 is 1.32 bits per heavy atom. The Bertz CT molecular complexity index is 674. The summed E-state index contributed by atoms with van der Waals surface area (Å²) in [5, 5.41) is 1.01. The second kappa shape index (κ2) is 5.35. The molecule has 2 aromatic rings. The van der Waals surface area contributed by atoms with Gasteiger partial charge in [-0.05, 0) is 31.2 Å². The molecule has 0 amide bonds. The molecule has 0 spiro atoms. The van der Waals surface area contributed by atoms with E-state index in [2.05, 4.69) is 4.98 Å². The summed E-state index contributed by atoms with van der Waals surface area (Å²) < 4.78 is 5.54. The van der Waals surface area contributed by atoms with Crippen LogP contribution >= 0.6 is 24.0 Å². The number of aromatic nitrogens is 1. The van der Waals surface area contributed by atoms with Crippen LogP contribution in [-0.4, -0.2) is 28.5 Å². The maximum absolute atomic E-state index is 11.9. The lowest BCUT2D eigenvalue weighted by Gasteiger charge is -2.05. The third kappa shape index (κ3) is 2.28. The lowest BCUT2D eigenvalue weighted by atomic mass is 10.0. The first-order valence-corrected chi connectivity index (χ1v) is 7.43. The number of rotatable bonds is 2. The lowest BCUT2D eigenvalue weighted by Crippen LogP contribution is -2.07. The van der Waals surface area contributed by atoms with Crippen LogP contribution in [0.5, 0.6) is 0 Å². The second-order valence-corrected chi connectivity index (χ2v) is 5.79. The largest absolute Gasteiger partial charge is 0.464 e. The first-order valence-electron chi connectivity index (χ1n) is 5.79. The Morgan fingerprint density at radius 3 is 2.53 bits per heavy atom. The number of hydrogen-bond donors (Lipinski definition) is 1. The predicted octanol–water partition coefficient (Wildman–Crippen LogP) is 3.61. The van der Waals surface area contributed by atoms with Gasteiger partial charge in [0.25, 0.3) is 0 Å². The summed E-state index contributed by atoms with van der Waals surface area (Å²) in [5.74, 6) is -0.388. The highest BCUT2D eigenvalue weighted by Gasteiger charge is 2.22. The first-order chi connectivity index (χ1) is 9.01. The number of aromatic amines is 1. The molecule has 3 nitrogen and oxygen atoms in total. The zero-order valence-electron chi connectivity index (χ0n) is 11.3. The van der Waals surface area contributed by atoms with Crippen molar-refractivity contribution < 1.29 is 9.53 Å². The van der Waals surface area contributed by atoms with E-state index in [1.807, 2.05) is 32.2 Å². The molecule has 0 bridgehead atoms. The number of hydrogen-bond acceptors (Lipinski definition) is 4. The number of fused-ring (bicyclic) bond motifs is 1. The first kappa shape index (κ1) is 14.1. The van der Waals surface area contributed by atoms with Crippen molar-refractivity contribution in [1.82, 2.24) is 4.98 Å². The molecule has 0 fully saturated rings. The Morgan fingerprint density at radius 2 is 1.95 bits per heavy atom. The Kier molecular flexibility index (Phi) is 3.96. The molecule has 0 aliphatic rings.